The van der Waals surface area contributed by atoms with Gasteiger partial charge in [-0.25, -0.2) is 9.18 Å². The Morgan fingerprint density at radius 2 is 2.33 bits per heavy atom. The first-order chi connectivity index (χ1) is 5.43. The van der Waals surface area contributed by atoms with E-state index in [9.17, 15) is 9.18 Å². The molecule has 0 aromatic heterocycles. The van der Waals surface area contributed by atoms with Crippen LogP contribution in [0.15, 0.2) is 0 Å². The normalized spacial score (nSPS) is 36.6. The van der Waals surface area contributed by atoms with Crippen LogP contribution in [0.5, 0.6) is 0 Å². The first kappa shape index (κ1) is 9.25. The van der Waals surface area contributed by atoms with Crippen molar-refractivity contribution in [1.82, 2.24) is 4.90 Å². The summed E-state index contributed by atoms with van der Waals surface area (Å²) in [5.41, 5.74) is -1.81. The van der Waals surface area contributed by atoms with Crippen LogP contribution in [0.3, 0.4) is 0 Å². The Morgan fingerprint density at radius 1 is 1.75 bits per heavy atom. The molecule has 0 bridgehead atoms. The molecule has 0 spiro atoms. The number of alkyl halides is 1. The maximum atomic E-state index is 13.3. The van der Waals surface area contributed by atoms with Gasteiger partial charge in [-0.2, -0.15) is 0 Å². The Labute approximate surface area is 69.6 Å². The van der Waals surface area contributed by atoms with Gasteiger partial charge in [0.25, 0.3) is 0 Å². The van der Waals surface area contributed by atoms with Gasteiger partial charge in [0, 0.05) is 6.54 Å². The minimum absolute atomic E-state index is 0.166. The van der Waals surface area contributed by atoms with E-state index in [2.05, 4.69) is 0 Å². The lowest BCUT2D eigenvalue weighted by Gasteiger charge is -2.37. The second-order valence-electron chi connectivity index (χ2n) is 3.29. The van der Waals surface area contributed by atoms with E-state index in [1.807, 2.05) is 0 Å². The molecule has 1 amide bonds. The number of piperidine rings is 1. The summed E-state index contributed by atoms with van der Waals surface area (Å²) in [6.45, 7) is 1.17. The zero-order chi connectivity index (χ0) is 9.35. The Bertz CT molecular complexity index is 195. The summed E-state index contributed by atoms with van der Waals surface area (Å²) in [4.78, 5) is 11.4. The molecule has 5 heteroatoms. The fourth-order valence-electron chi connectivity index (χ4n) is 1.30. The van der Waals surface area contributed by atoms with Crippen molar-refractivity contribution < 1.29 is 19.4 Å². The molecule has 1 aliphatic heterocycles. The van der Waals surface area contributed by atoms with Crippen molar-refractivity contribution in [1.29, 1.82) is 0 Å². The predicted octanol–water partition coefficient (Wildman–Crippen LogP) is 0.459. The Kier molecular flexibility index (Phi) is 2.23. The topological polar surface area (TPSA) is 60.8 Å². The first-order valence-electron chi connectivity index (χ1n) is 3.78. The first-order valence-corrected chi connectivity index (χ1v) is 3.78. The Balaban J connectivity index is 2.63. The number of hydrogen-bond donors (Lipinski definition) is 2. The zero-order valence-electron chi connectivity index (χ0n) is 6.83. The van der Waals surface area contributed by atoms with Crippen LogP contribution >= 0.6 is 0 Å². The number of rotatable bonds is 0. The standard InChI is InChI=1S/C7H12FNO3/c1-7(8)4-9(6(11)12)3-2-5(7)10/h5,10H,2-4H2,1H3,(H,11,12). The van der Waals surface area contributed by atoms with Gasteiger partial charge in [-0.3, -0.25) is 0 Å². The largest absolute Gasteiger partial charge is 0.465 e. The molecule has 0 radical (unpaired) electrons. The van der Waals surface area contributed by atoms with E-state index in [1.165, 1.54) is 6.92 Å². The van der Waals surface area contributed by atoms with Gasteiger partial charge in [-0.15, -0.1) is 0 Å². The van der Waals surface area contributed by atoms with Crippen molar-refractivity contribution in [2.75, 3.05) is 13.1 Å². The molecule has 0 aromatic carbocycles. The molecule has 2 atom stereocenters. The minimum atomic E-state index is -1.81. The average Bonchev–Trinajstić information content (AvgIpc) is 1.94. The molecular weight excluding hydrogens is 165 g/mol. The number of nitrogens with zero attached hydrogens (tertiary/aromatic N) is 1. The van der Waals surface area contributed by atoms with Gasteiger partial charge in [0.15, 0.2) is 5.67 Å². The molecule has 2 unspecified atom stereocenters. The van der Waals surface area contributed by atoms with Crippen molar-refractivity contribution in [2.24, 2.45) is 0 Å². The smallest absolute Gasteiger partial charge is 0.407 e. The molecule has 0 aliphatic carbocycles. The molecule has 0 saturated carbocycles. The number of hydrogen-bond acceptors (Lipinski definition) is 2. The summed E-state index contributed by atoms with van der Waals surface area (Å²) >= 11 is 0. The fraction of sp³-hybridized carbons (Fsp3) is 0.857. The van der Waals surface area contributed by atoms with Gasteiger partial charge >= 0.3 is 6.09 Å². The highest BCUT2D eigenvalue weighted by Gasteiger charge is 2.40. The molecule has 1 aliphatic rings. The van der Waals surface area contributed by atoms with Crippen LogP contribution in [0.4, 0.5) is 9.18 Å². The van der Waals surface area contributed by atoms with Crippen LogP contribution in [0.1, 0.15) is 13.3 Å². The minimum Gasteiger partial charge on any atom is -0.465 e. The van der Waals surface area contributed by atoms with Crippen molar-refractivity contribution >= 4 is 6.09 Å². The summed E-state index contributed by atoms with van der Waals surface area (Å²) < 4.78 is 13.3. The average molecular weight is 177 g/mol. The van der Waals surface area contributed by atoms with Gasteiger partial charge in [0.1, 0.15) is 0 Å². The van der Waals surface area contributed by atoms with Gasteiger partial charge in [0.05, 0.1) is 12.6 Å². The third-order valence-corrected chi connectivity index (χ3v) is 2.14. The second kappa shape index (κ2) is 2.90. The number of carbonyl (C=O) groups is 1. The Morgan fingerprint density at radius 3 is 2.75 bits per heavy atom. The maximum Gasteiger partial charge on any atom is 0.407 e. The number of likely N-dealkylation sites (tertiary alicyclic amines) is 1. The summed E-state index contributed by atoms with van der Waals surface area (Å²) in [6, 6.07) is 0. The molecule has 12 heavy (non-hydrogen) atoms. The van der Waals surface area contributed by atoms with Gasteiger partial charge in [-0.1, -0.05) is 0 Å². The van der Waals surface area contributed by atoms with Crippen LogP contribution in [-0.4, -0.2) is 46.1 Å². The van der Waals surface area contributed by atoms with E-state index in [4.69, 9.17) is 10.2 Å². The number of halogens is 1. The molecule has 2 N–H and O–H groups in total. The van der Waals surface area contributed by atoms with Crippen LogP contribution in [0.2, 0.25) is 0 Å². The van der Waals surface area contributed by atoms with E-state index in [0.29, 0.717) is 0 Å². The third-order valence-electron chi connectivity index (χ3n) is 2.14. The highest BCUT2D eigenvalue weighted by atomic mass is 19.1. The lowest BCUT2D eigenvalue weighted by molar-refractivity contribution is -0.0508. The number of amides is 1. The maximum absolute atomic E-state index is 13.3. The van der Waals surface area contributed by atoms with Crippen molar-refractivity contribution in [3.05, 3.63) is 0 Å². The van der Waals surface area contributed by atoms with Gasteiger partial charge in [0.2, 0.25) is 0 Å². The molecule has 0 aromatic rings. The van der Waals surface area contributed by atoms with Crippen molar-refractivity contribution in [3.63, 3.8) is 0 Å². The molecule has 70 valence electrons. The molecular formula is C7H12FNO3. The summed E-state index contributed by atoms with van der Waals surface area (Å²) in [5.74, 6) is 0. The summed E-state index contributed by atoms with van der Waals surface area (Å²) in [7, 11) is 0. The summed E-state index contributed by atoms with van der Waals surface area (Å²) in [5, 5.41) is 17.7. The van der Waals surface area contributed by atoms with Gasteiger partial charge in [-0.05, 0) is 13.3 Å². The fourth-order valence-corrected chi connectivity index (χ4v) is 1.30. The van der Waals surface area contributed by atoms with Crippen molar-refractivity contribution in [3.8, 4) is 0 Å². The predicted molar refractivity (Wildman–Crippen MR) is 39.7 cm³/mol. The van der Waals surface area contributed by atoms with Crippen LogP contribution in [-0.2, 0) is 0 Å². The highest BCUT2D eigenvalue weighted by molar-refractivity contribution is 5.65. The van der Waals surface area contributed by atoms with Crippen LogP contribution in [0, 0.1) is 0 Å². The number of aliphatic hydroxyl groups is 1. The quantitative estimate of drug-likeness (QED) is 0.565. The van der Waals surface area contributed by atoms with E-state index in [1.54, 1.807) is 0 Å². The molecule has 1 rings (SSSR count). The molecule has 1 saturated heterocycles. The van der Waals surface area contributed by atoms with E-state index < -0.39 is 17.9 Å². The molecule has 1 fully saturated rings. The van der Waals surface area contributed by atoms with Crippen molar-refractivity contribution in [2.45, 2.75) is 25.1 Å². The molecule has 1 heterocycles. The highest BCUT2D eigenvalue weighted by Crippen LogP contribution is 2.24. The third kappa shape index (κ3) is 1.66. The second-order valence-corrected chi connectivity index (χ2v) is 3.29. The van der Waals surface area contributed by atoms with E-state index in [-0.39, 0.29) is 19.5 Å². The summed E-state index contributed by atoms with van der Waals surface area (Å²) in [6.07, 6.45) is -2.02. The number of carboxylic acid groups (broad SMARTS) is 1. The number of aliphatic hydroxyl groups excluding tert-OH is 1. The van der Waals surface area contributed by atoms with E-state index >= 15 is 0 Å². The lowest BCUT2D eigenvalue weighted by atomic mass is 9.94. The SMILES string of the molecule is CC1(F)CN(C(=O)O)CCC1O. The lowest BCUT2D eigenvalue weighted by Crippen LogP contribution is -2.53. The monoisotopic (exact) mass is 177 g/mol. The van der Waals surface area contributed by atoms with Gasteiger partial charge < -0.3 is 15.1 Å². The zero-order valence-corrected chi connectivity index (χ0v) is 6.83. The van der Waals surface area contributed by atoms with E-state index in [0.717, 1.165) is 4.90 Å². The van der Waals surface area contributed by atoms with Crippen LogP contribution in [0.25, 0.3) is 0 Å². The molecule has 4 nitrogen and oxygen atoms in total. The Hall–Kier alpha value is -0.840. The van der Waals surface area contributed by atoms with Crippen LogP contribution < -0.4 is 0 Å².